The molecule has 0 radical (unpaired) electrons. The predicted octanol–water partition coefficient (Wildman–Crippen LogP) is 6.20. The van der Waals surface area contributed by atoms with Gasteiger partial charge in [-0.2, -0.15) is 0 Å². The Balaban J connectivity index is 1.70. The Bertz CT molecular complexity index is 1340. The maximum absolute atomic E-state index is 13.6. The first kappa shape index (κ1) is 36.9. The van der Waals surface area contributed by atoms with Gasteiger partial charge in [-0.1, -0.05) is 36.2 Å². The lowest BCUT2D eigenvalue weighted by Gasteiger charge is -2.59. The molecule has 2 aliphatic heterocycles. The molecule has 1 saturated heterocycles. The second-order valence-corrected chi connectivity index (χ2v) is 13.5. The Hall–Kier alpha value is -3.38. The zero-order valence-corrected chi connectivity index (χ0v) is 28.8. The van der Waals surface area contributed by atoms with Crippen LogP contribution in [0.3, 0.4) is 0 Å². The van der Waals surface area contributed by atoms with Crippen molar-refractivity contribution in [1.29, 1.82) is 0 Å². The summed E-state index contributed by atoms with van der Waals surface area (Å²) in [6, 6.07) is 4.48. The van der Waals surface area contributed by atoms with Crippen molar-refractivity contribution in [2.24, 2.45) is 22.9 Å². The van der Waals surface area contributed by atoms with Gasteiger partial charge in [-0.05, 0) is 80.6 Å². The molecule has 1 saturated carbocycles. The Labute approximate surface area is 290 Å². The summed E-state index contributed by atoms with van der Waals surface area (Å²) in [6.45, 7) is 8.85. The standard InChI is InChI=1S/C38H54N2O9/c1-4-6-21-46-37(44)40(3)33-25-31(39-49-34-15-9-12-22-45-34)29-23-26(13-7-10-18-41)28(14-8-11-19-42)35-30-24-27(43)16-17-32(30)48-38(33,36(29)35)47-20-5-2/h4-5,16-17,23-24,26,28,33-36,41-43H,1-2,6-15,18-22,25H2,3H3. The second-order valence-electron chi connectivity index (χ2n) is 13.5. The minimum Gasteiger partial charge on any atom is -0.508 e. The van der Waals surface area contributed by atoms with Crippen LogP contribution >= 0.6 is 0 Å². The van der Waals surface area contributed by atoms with Gasteiger partial charge in [0.1, 0.15) is 17.5 Å². The van der Waals surface area contributed by atoms with E-state index >= 15 is 0 Å². The van der Waals surface area contributed by atoms with Gasteiger partial charge in [-0.3, -0.25) is 0 Å². The highest BCUT2D eigenvalue weighted by Gasteiger charge is 2.65. The minimum absolute atomic E-state index is 0.0718. The quantitative estimate of drug-likeness (QED) is 0.0996. The molecule has 270 valence electrons. The summed E-state index contributed by atoms with van der Waals surface area (Å²) in [7, 11) is 1.70. The number of hydrogen-bond acceptors (Lipinski definition) is 10. The summed E-state index contributed by atoms with van der Waals surface area (Å²) in [5.41, 5.74) is 2.48. The van der Waals surface area contributed by atoms with E-state index in [1.807, 2.05) is 0 Å². The predicted molar refractivity (Wildman–Crippen MR) is 185 cm³/mol. The number of aliphatic hydroxyl groups is 2. The second kappa shape index (κ2) is 17.5. The number of likely N-dealkylation sites (N-methyl/N-ethyl adjacent to an activating group) is 1. The Kier molecular flexibility index (Phi) is 13.2. The molecule has 11 nitrogen and oxygen atoms in total. The number of aromatic hydroxyl groups is 1. The number of amides is 1. The monoisotopic (exact) mass is 682 g/mol. The highest BCUT2D eigenvalue weighted by molar-refractivity contribution is 6.02. The number of unbranched alkanes of at least 4 members (excludes halogenated alkanes) is 2. The highest BCUT2D eigenvalue weighted by Crippen LogP contribution is 2.61. The average Bonchev–Trinajstić information content (AvgIpc) is 3.11. The van der Waals surface area contributed by atoms with Gasteiger partial charge in [0.25, 0.3) is 0 Å². The maximum atomic E-state index is 13.6. The topological polar surface area (TPSA) is 140 Å². The smallest absolute Gasteiger partial charge is 0.409 e. The molecular weight excluding hydrogens is 628 g/mol. The highest BCUT2D eigenvalue weighted by atomic mass is 16.8. The maximum Gasteiger partial charge on any atom is 0.409 e. The third kappa shape index (κ3) is 8.17. The number of rotatable bonds is 17. The summed E-state index contributed by atoms with van der Waals surface area (Å²) < 4.78 is 25.3. The van der Waals surface area contributed by atoms with Gasteiger partial charge in [0.2, 0.25) is 12.1 Å². The molecule has 7 unspecified atom stereocenters. The van der Waals surface area contributed by atoms with Crippen molar-refractivity contribution in [2.45, 2.75) is 94.7 Å². The first-order valence-corrected chi connectivity index (χ1v) is 17.9. The molecule has 49 heavy (non-hydrogen) atoms. The number of benzene rings is 1. The van der Waals surface area contributed by atoms with Gasteiger partial charge < -0.3 is 44.0 Å². The van der Waals surface area contributed by atoms with Crippen molar-refractivity contribution >= 4 is 11.8 Å². The van der Waals surface area contributed by atoms with Crippen molar-refractivity contribution in [2.75, 3.05) is 40.1 Å². The number of phenols is 1. The van der Waals surface area contributed by atoms with Crippen LogP contribution in [0.2, 0.25) is 0 Å². The number of oxime groups is 1. The molecule has 2 aliphatic carbocycles. The molecule has 1 amide bonds. The zero-order valence-electron chi connectivity index (χ0n) is 28.8. The van der Waals surface area contributed by atoms with E-state index in [4.69, 9.17) is 28.9 Å². The van der Waals surface area contributed by atoms with Crippen molar-refractivity contribution < 1.29 is 43.9 Å². The van der Waals surface area contributed by atoms with Crippen LogP contribution in [0.15, 0.2) is 60.3 Å². The molecule has 7 atom stereocenters. The number of carbonyl (C=O) groups is 1. The lowest BCUT2D eigenvalue weighted by Crippen LogP contribution is -2.69. The van der Waals surface area contributed by atoms with Crippen LogP contribution in [0, 0.1) is 17.8 Å². The average molecular weight is 683 g/mol. The van der Waals surface area contributed by atoms with Crippen LogP contribution in [-0.4, -0.2) is 90.2 Å². The molecule has 1 aromatic rings. The molecule has 5 rings (SSSR count). The van der Waals surface area contributed by atoms with Crippen LogP contribution in [-0.2, 0) is 19.0 Å². The number of nitrogens with zero attached hydrogens (tertiary/aromatic N) is 2. The lowest BCUT2D eigenvalue weighted by molar-refractivity contribution is -0.254. The first-order valence-electron chi connectivity index (χ1n) is 17.9. The molecule has 4 aliphatic rings. The van der Waals surface area contributed by atoms with Crippen molar-refractivity contribution in [3.8, 4) is 11.5 Å². The van der Waals surface area contributed by atoms with Crippen LogP contribution in [0.25, 0.3) is 0 Å². The van der Waals surface area contributed by atoms with Gasteiger partial charge in [0.15, 0.2) is 0 Å². The number of allylic oxidation sites excluding steroid dienone is 1. The summed E-state index contributed by atoms with van der Waals surface area (Å²) in [5.74, 6) is -1.15. The van der Waals surface area contributed by atoms with Crippen LogP contribution < -0.4 is 4.74 Å². The molecule has 0 aromatic heterocycles. The summed E-state index contributed by atoms with van der Waals surface area (Å²) in [4.78, 5) is 21.3. The van der Waals surface area contributed by atoms with E-state index < -0.39 is 30.1 Å². The number of aliphatic hydroxyl groups excluding tert-OH is 2. The van der Waals surface area contributed by atoms with Gasteiger partial charge in [-0.15, -0.1) is 13.2 Å². The van der Waals surface area contributed by atoms with E-state index in [2.05, 4.69) is 19.2 Å². The molecule has 11 heteroatoms. The van der Waals surface area contributed by atoms with Crippen LogP contribution in [0.4, 0.5) is 4.79 Å². The minimum atomic E-state index is -1.37. The Morgan fingerprint density at radius 1 is 1.12 bits per heavy atom. The number of hydrogen-bond donors (Lipinski definition) is 3. The van der Waals surface area contributed by atoms with E-state index in [0.717, 1.165) is 56.1 Å². The third-order valence-corrected chi connectivity index (χ3v) is 10.4. The van der Waals surface area contributed by atoms with Crippen LogP contribution in [0.1, 0.15) is 82.1 Å². The zero-order chi connectivity index (χ0) is 34.8. The Morgan fingerprint density at radius 3 is 2.63 bits per heavy atom. The van der Waals surface area contributed by atoms with E-state index in [1.165, 1.54) is 0 Å². The number of phenolic OH excluding ortho intramolecular Hbond substituents is 1. The summed E-state index contributed by atoms with van der Waals surface area (Å²) >= 11 is 0. The molecule has 0 spiro atoms. The fourth-order valence-electron chi connectivity index (χ4n) is 8.11. The lowest BCUT2D eigenvalue weighted by atomic mass is 9.55. The SMILES string of the molecule is C=CCCOC(=O)N(C)C1CC(=NOC2CCCCO2)C2=CC(CCCCO)C(CCCCO)C3c4cc(O)ccc4OC1(OCC=C)C23. The molecule has 2 heterocycles. The fraction of sp³-hybridized carbons (Fsp3) is 0.632. The molecule has 2 fully saturated rings. The Morgan fingerprint density at radius 2 is 1.92 bits per heavy atom. The third-order valence-electron chi connectivity index (χ3n) is 10.4. The van der Waals surface area contributed by atoms with Gasteiger partial charge in [0, 0.05) is 44.6 Å². The van der Waals surface area contributed by atoms with Crippen molar-refractivity contribution in [3.05, 3.63) is 60.7 Å². The van der Waals surface area contributed by atoms with Gasteiger partial charge in [0.05, 0.1) is 31.5 Å². The van der Waals surface area contributed by atoms with Gasteiger partial charge in [-0.25, -0.2) is 4.79 Å². The molecule has 3 N–H and O–H groups in total. The first-order chi connectivity index (χ1) is 23.9. The van der Waals surface area contributed by atoms with Crippen LogP contribution in [0.5, 0.6) is 11.5 Å². The van der Waals surface area contributed by atoms with Gasteiger partial charge >= 0.3 is 6.09 Å². The van der Waals surface area contributed by atoms with E-state index in [9.17, 15) is 20.1 Å². The molecule has 0 bridgehead atoms. The summed E-state index contributed by atoms with van der Waals surface area (Å²) in [5, 5.41) is 35.0. The van der Waals surface area contributed by atoms with E-state index in [0.29, 0.717) is 37.3 Å². The van der Waals surface area contributed by atoms with Crippen molar-refractivity contribution in [3.63, 3.8) is 0 Å². The molecule has 1 aromatic carbocycles. The number of fused-ring (bicyclic) bond motifs is 2. The van der Waals surface area contributed by atoms with E-state index in [1.54, 1.807) is 42.3 Å². The fourth-order valence-corrected chi connectivity index (χ4v) is 8.11. The normalized spacial score (nSPS) is 29.5. The molecular formula is C38H54N2O9. The number of carbonyl (C=O) groups excluding carboxylic acids is 1. The largest absolute Gasteiger partial charge is 0.508 e. The summed E-state index contributed by atoms with van der Waals surface area (Å²) in [6.07, 6.45) is 12.8. The number of ether oxygens (including phenoxy) is 4. The van der Waals surface area contributed by atoms with Crippen molar-refractivity contribution in [1.82, 2.24) is 4.90 Å². The van der Waals surface area contributed by atoms with E-state index in [-0.39, 0.29) is 56.4 Å².